The number of ether oxygens (including phenoxy) is 3. The fraction of sp³-hybridized carbons (Fsp3) is 0.650. The number of thioether (sulfide) groups is 1. The largest absolute Gasteiger partial charge is 0.496 e. The normalized spacial score (nSPS) is 27.8. The molecule has 0 radical (unpaired) electrons. The molecule has 5 unspecified atom stereocenters. The van der Waals surface area contributed by atoms with Gasteiger partial charge in [0.2, 0.25) is 11.4 Å². The van der Waals surface area contributed by atoms with Gasteiger partial charge in [0.25, 0.3) is 0 Å². The summed E-state index contributed by atoms with van der Waals surface area (Å²) in [5.41, 5.74) is 2.66. The Morgan fingerprint density at radius 1 is 1.07 bits per heavy atom. The molecule has 1 aliphatic rings. The summed E-state index contributed by atoms with van der Waals surface area (Å²) in [4.78, 5) is 12.6. The zero-order valence-corrected chi connectivity index (χ0v) is 18.2. The third-order valence-electron chi connectivity index (χ3n) is 5.14. The van der Waals surface area contributed by atoms with Crippen LogP contribution in [0.25, 0.3) is 0 Å². The molecule has 0 amide bonds. The second kappa shape index (κ2) is 9.00. The first-order valence-electron chi connectivity index (χ1n) is 9.22. The predicted molar refractivity (Wildman–Crippen MR) is 107 cm³/mol. The molecule has 1 fully saturated rings. The summed E-state index contributed by atoms with van der Waals surface area (Å²) in [6, 6.07) is 0. The van der Waals surface area contributed by atoms with Gasteiger partial charge in [0.05, 0.1) is 18.8 Å². The highest BCUT2D eigenvalue weighted by Gasteiger charge is 2.43. The molecule has 158 valence electrons. The topological polar surface area (TPSA) is 105 Å². The van der Waals surface area contributed by atoms with E-state index in [1.54, 1.807) is 20.1 Å². The molecule has 7 nitrogen and oxygen atoms in total. The van der Waals surface area contributed by atoms with Crippen LogP contribution in [0.4, 0.5) is 0 Å². The summed E-state index contributed by atoms with van der Waals surface area (Å²) in [5.74, 6) is 0.868. The Balaban J connectivity index is 2.59. The summed E-state index contributed by atoms with van der Waals surface area (Å²) in [6.45, 7) is 9.17. The molecule has 1 heterocycles. The van der Waals surface area contributed by atoms with Gasteiger partial charge < -0.3 is 29.5 Å². The van der Waals surface area contributed by atoms with E-state index in [9.17, 15) is 20.1 Å². The fourth-order valence-corrected chi connectivity index (χ4v) is 4.10. The Bertz CT molecular complexity index is 734. The highest BCUT2D eigenvalue weighted by molar-refractivity contribution is 8.13. The van der Waals surface area contributed by atoms with E-state index in [1.165, 1.54) is 7.11 Å². The van der Waals surface area contributed by atoms with Crippen LogP contribution in [0.15, 0.2) is 0 Å². The molecule has 0 spiro atoms. The van der Waals surface area contributed by atoms with Crippen LogP contribution in [0.3, 0.4) is 0 Å². The third-order valence-corrected chi connectivity index (χ3v) is 5.71. The zero-order chi connectivity index (χ0) is 21.3. The number of carbonyl (C=O) groups excluding carboxylic acids is 1. The lowest BCUT2D eigenvalue weighted by atomic mass is 9.89. The number of hydrogen-bond acceptors (Lipinski definition) is 8. The maximum Gasteiger partial charge on any atom is 0.229 e. The number of aliphatic hydroxyl groups excluding tert-OH is 3. The van der Waals surface area contributed by atoms with Crippen molar-refractivity contribution >= 4 is 16.9 Å². The SMILES string of the molecule is COc1c(C)c(OC2OC(C)C(O)C(O)C2O)c(C)c(C(C)C)c1C(=O)SC. The predicted octanol–water partition coefficient (Wildman–Crippen LogP) is 2.14. The quantitative estimate of drug-likeness (QED) is 0.673. The molecular weight excluding hydrogens is 384 g/mol. The molecule has 0 bridgehead atoms. The van der Waals surface area contributed by atoms with Crippen LogP contribution >= 0.6 is 11.8 Å². The summed E-state index contributed by atoms with van der Waals surface area (Å²) < 4.78 is 17.1. The van der Waals surface area contributed by atoms with Gasteiger partial charge in [-0.1, -0.05) is 25.6 Å². The summed E-state index contributed by atoms with van der Waals surface area (Å²) in [5, 5.41) is 30.2. The molecule has 2 rings (SSSR count). The smallest absolute Gasteiger partial charge is 0.229 e. The molecule has 28 heavy (non-hydrogen) atoms. The number of aliphatic hydroxyl groups is 3. The first-order chi connectivity index (χ1) is 13.1. The van der Waals surface area contributed by atoms with E-state index in [-0.39, 0.29) is 11.0 Å². The molecule has 3 N–H and O–H groups in total. The van der Waals surface area contributed by atoms with Crippen LogP contribution in [-0.4, -0.2) is 64.5 Å². The maximum atomic E-state index is 12.6. The van der Waals surface area contributed by atoms with Gasteiger partial charge >= 0.3 is 0 Å². The van der Waals surface area contributed by atoms with E-state index in [2.05, 4.69) is 0 Å². The summed E-state index contributed by atoms with van der Waals surface area (Å²) in [6.07, 6.45) is -4.18. The second-order valence-electron chi connectivity index (χ2n) is 7.35. The van der Waals surface area contributed by atoms with Crippen LogP contribution in [0.2, 0.25) is 0 Å². The molecule has 0 aromatic heterocycles. The molecule has 0 saturated carbocycles. The van der Waals surface area contributed by atoms with Crippen molar-refractivity contribution in [3.8, 4) is 11.5 Å². The minimum absolute atomic E-state index is 0.0199. The van der Waals surface area contributed by atoms with E-state index in [0.29, 0.717) is 22.6 Å². The molecule has 1 aliphatic heterocycles. The number of carbonyl (C=O) groups is 1. The lowest BCUT2D eigenvalue weighted by Crippen LogP contribution is -2.58. The van der Waals surface area contributed by atoms with Gasteiger partial charge in [-0.05, 0) is 44.1 Å². The monoisotopic (exact) mass is 414 g/mol. The van der Waals surface area contributed by atoms with E-state index >= 15 is 0 Å². The Hall–Kier alpha value is -1.32. The second-order valence-corrected chi connectivity index (χ2v) is 8.13. The molecule has 8 heteroatoms. The van der Waals surface area contributed by atoms with Gasteiger partial charge in [0.15, 0.2) is 0 Å². The van der Waals surface area contributed by atoms with Crippen molar-refractivity contribution < 1.29 is 34.3 Å². The molecule has 1 saturated heterocycles. The first-order valence-corrected chi connectivity index (χ1v) is 10.4. The number of rotatable bonds is 5. The zero-order valence-electron chi connectivity index (χ0n) is 17.3. The highest BCUT2D eigenvalue weighted by atomic mass is 32.2. The van der Waals surface area contributed by atoms with Gasteiger partial charge in [-0.2, -0.15) is 0 Å². The minimum Gasteiger partial charge on any atom is -0.496 e. The minimum atomic E-state index is -1.42. The molecular formula is C20H30O7S. The average Bonchev–Trinajstić information content (AvgIpc) is 2.65. The van der Waals surface area contributed by atoms with Crippen molar-refractivity contribution in [2.75, 3.05) is 13.4 Å². The summed E-state index contributed by atoms with van der Waals surface area (Å²) >= 11 is 1.11. The number of hydrogen-bond donors (Lipinski definition) is 3. The Labute approximate surface area is 170 Å². The van der Waals surface area contributed by atoms with Crippen molar-refractivity contribution in [1.29, 1.82) is 0 Å². The van der Waals surface area contributed by atoms with Crippen LogP contribution < -0.4 is 9.47 Å². The lowest BCUT2D eigenvalue weighted by Gasteiger charge is -2.39. The standard InChI is InChI=1S/C20H30O7S/c1-8(2)12-9(3)17(10(4)18(25-6)13(12)19(24)28-7)27-20-16(23)15(22)14(21)11(5)26-20/h8,11,14-16,20-23H,1-7H3. The Morgan fingerprint density at radius 3 is 2.18 bits per heavy atom. The Kier molecular flexibility index (Phi) is 7.38. The van der Waals surface area contributed by atoms with E-state index in [1.807, 2.05) is 20.8 Å². The van der Waals surface area contributed by atoms with Gasteiger partial charge in [-0.3, -0.25) is 4.79 Å². The number of methoxy groups -OCH3 is 1. The maximum absolute atomic E-state index is 12.6. The highest BCUT2D eigenvalue weighted by Crippen LogP contribution is 2.43. The van der Waals surface area contributed by atoms with Gasteiger partial charge in [0, 0.05) is 5.56 Å². The fourth-order valence-electron chi connectivity index (χ4n) is 3.69. The van der Waals surface area contributed by atoms with E-state index in [4.69, 9.17) is 14.2 Å². The third kappa shape index (κ3) is 4.02. The molecule has 1 aromatic carbocycles. The first kappa shape index (κ1) is 23.0. The van der Waals surface area contributed by atoms with Crippen molar-refractivity contribution in [2.24, 2.45) is 0 Å². The van der Waals surface area contributed by atoms with E-state index in [0.717, 1.165) is 22.9 Å². The van der Waals surface area contributed by atoms with Crippen molar-refractivity contribution in [3.63, 3.8) is 0 Å². The van der Waals surface area contributed by atoms with Crippen LogP contribution in [0.1, 0.15) is 53.7 Å². The number of benzene rings is 1. The molecule has 5 atom stereocenters. The van der Waals surface area contributed by atoms with Crippen molar-refractivity contribution in [2.45, 2.75) is 71.2 Å². The molecule has 1 aromatic rings. The van der Waals surface area contributed by atoms with Gasteiger partial charge in [0.1, 0.15) is 29.8 Å². The van der Waals surface area contributed by atoms with Crippen LogP contribution in [0.5, 0.6) is 11.5 Å². The van der Waals surface area contributed by atoms with Crippen LogP contribution in [-0.2, 0) is 4.74 Å². The summed E-state index contributed by atoms with van der Waals surface area (Å²) in [7, 11) is 1.50. The van der Waals surface area contributed by atoms with Crippen LogP contribution in [0, 0.1) is 13.8 Å². The molecule has 0 aliphatic carbocycles. The van der Waals surface area contributed by atoms with Gasteiger partial charge in [-0.15, -0.1) is 0 Å². The average molecular weight is 415 g/mol. The Morgan fingerprint density at radius 2 is 1.68 bits per heavy atom. The van der Waals surface area contributed by atoms with Crippen molar-refractivity contribution in [3.05, 3.63) is 22.3 Å². The van der Waals surface area contributed by atoms with Crippen molar-refractivity contribution in [1.82, 2.24) is 0 Å². The van der Waals surface area contributed by atoms with E-state index < -0.39 is 30.7 Å². The van der Waals surface area contributed by atoms with Gasteiger partial charge in [-0.25, -0.2) is 0 Å². The lowest BCUT2D eigenvalue weighted by molar-refractivity contribution is -0.268.